The normalized spacial score (nSPS) is 18.1. The van der Waals surface area contributed by atoms with Crippen molar-refractivity contribution in [3.8, 4) is 11.8 Å². The molecular weight excluding hydrogens is 346 g/mol. The molecule has 5 heteroatoms. The van der Waals surface area contributed by atoms with E-state index in [9.17, 15) is 13.9 Å². The molecule has 1 heterocycles. The molecule has 0 saturated carbocycles. The molecule has 0 bridgehead atoms. The Morgan fingerprint density at radius 3 is 2.59 bits per heavy atom. The Kier molecular flexibility index (Phi) is 6.94. The van der Waals surface area contributed by atoms with Crippen molar-refractivity contribution in [2.45, 2.75) is 19.0 Å². The molecule has 1 atom stereocenters. The van der Waals surface area contributed by atoms with E-state index in [2.05, 4.69) is 21.6 Å². The fourth-order valence-electron chi connectivity index (χ4n) is 3.38. The Morgan fingerprint density at radius 1 is 1.04 bits per heavy atom. The molecule has 3 rings (SSSR count). The molecule has 3 nitrogen and oxygen atoms in total. The average Bonchev–Trinajstić information content (AvgIpc) is 2.68. The van der Waals surface area contributed by atoms with Crippen LogP contribution in [-0.4, -0.2) is 53.7 Å². The number of rotatable bonds is 5. The topological polar surface area (TPSA) is 26.7 Å². The molecule has 0 amide bonds. The first-order chi connectivity index (χ1) is 13.2. The summed E-state index contributed by atoms with van der Waals surface area (Å²) in [6.45, 7) is 3.78. The highest BCUT2D eigenvalue weighted by Crippen LogP contribution is 2.18. The summed E-state index contributed by atoms with van der Waals surface area (Å²) in [5.74, 6) is 4.74. The number of aliphatic hydroxyl groups excluding tert-OH is 1. The zero-order valence-electron chi connectivity index (χ0n) is 15.2. The summed E-state index contributed by atoms with van der Waals surface area (Å²) in [5.41, 5.74) is 1.75. The van der Waals surface area contributed by atoms with E-state index in [0.717, 1.165) is 30.8 Å². The van der Waals surface area contributed by atoms with E-state index in [4.69, 9.17) is 0 Å². The molecule has 142 valence electrons. The number of hydrogen-bond acceptors (Lipinski definition) is 3. The summed E-state index contributed by atoms with van der Waals surface area (Å²) in [6.07, 6.45) is 0.645. The van der Waals surface area contributed by atoms with Gasteiger partial charge in [-0.1, -0.05) is 36.1 Å². The van der Waals surface area contributed by atoms with Crippen molar-refractivity contribution < 1.29 is 13.9 Å². The van der Waals surface area contributed by atoms with E-state index in [-0.39, 0.29) is 12.6 Å². The molecule has 1 saturated heterocycles. The first kappa shape index (κ1) is 19.5. The first-order valence-electron chi connectivity index (χ1n) is 9.21. The van der Waals surface area contributed by atoms with Gasteiger partial charge in [0, 0.05) is 44.4 Å². The Balaban J connectivity index is 1.59. The Morgan fingerprint density at radius 2 is 1.85 bits per heavy atom. The molecule has 2 aromatic rings. The summed E-state index contributed by atoms with van der Waals surface area (Å²) in [7, 11) is 0. The zero-order chi connectivity index (χ0) is 19.1. The maximum absolute atomic E-state index is 13.5. The first-order valence-corrected chi connectivity index (χ1v) is 9.21. The third kappa shape index (κ3) is 5.61. The van der Waals surface area contributed by atoms with Crippen LogP contribution < -0.4 is 0 Å². The van der Waals surface area contributed by atoms with Crippen molar-refractivity contribution >= 4 is 0 Å². The summed E-state index contributed by atoms with van der Waals surface area (Å²) < 4.78 is 26.6. The number of aliphatic hydroxyl groups is 1. The maximum atomic E-state index is 13.5. The summed E-state index contributed by atoms with van der Waals surface area (Å²) in [5, 5.41) is 9.41. The van der Waals surface area contributed by atoms with Gasteiger partial charge in [-0.25, -0.2) is 8.78 Å². The van der Waals surface area contributed by atoms with Crippen LogP contribution in [0.2, 0.25) is 0 Å². The van der Waals surface area contributed by atoms with E-state index in [1.807, 2.05) is 30.3 Å². The van der Waals surface area contributed by atoms with E-state index in [1.165, 1.54) is 12.1 Å². The maximum Gasteiger partial charge on any atom is 0.159 e. The quantitative estimate of drug-likeness (QED) is 0.820. The second kappa shape index (κ2) is 9.61. The lowest BCUT2D eigenvalue weighted by molar-refractivity contribution is 0.0605. The Bertz CT molecular complexity index is 801. The van der Waals surface area contributed by atoms with Gasteiger partial charge in [-0.15, -0.1) is 0 Å². The van der Waals surface area contributed by atoms with Gasteiger partial charge in [0.15, 0.2) is 11.6 Å². The number of piperazine rings is 1. The molecule has 0 unspecified atom stereocenters. The lowest BCUT2D eigenvalue weighted by Crippen LogP contribution is -2.52. The minimum Gasteiger partial charge on any atom is -0.396 e. The molecule has 0 spiro atoms. The van der Waals surface area contributed by atoms with Crippen molar-refractivity contribution in [1.29, 1.82) is 0 Å². The largest absolute Gasteiger partial charge is 0.396 e. The highest BCUT2D eigenvalue weighted by Gasteiger charge is 2.26. The number of nitrogens with zero attached hydrogens (tertiary/aromatic N) is 2. The number of halogens is 2. The third-order valence-corrected chi connectivity index (χ3v) is 4.83. The van der Waals surface area contributed by atoms with Crippen molar-refractivity contribution in [2.75, 3.05) is 32.8 Å². The summed E-state index contributed by atoms with van der Waals surface area (Å²) >= 11 is 0. The summed E-state index contributed by atoms with van der Waals surface area (Å²) in [6, 6.07) is 14.1. The molecule has 1 fully saturated rings. The van der Waals surface area contributed by atoms with Crippen LogP contribution in [0.15, 0.2) is 48.5 Å². The van der Waals surface area contributed by atoms with Gasteiger partial charge in [-0.3, -0.25) is 9.80 Å². The van der Waals surface area contributed by atoms with Crippen LogP contribution in [0.3, 0.4) is 0 Å². The second-order valence-corrected chi connectivity index (χ2v) is 6.79. The number of hydrogen-bond donors (Lipinski definition) is 1. The fourth-order valence-corrected chi connectivity index (χ4v) is 3.38. The minimum atomic E-state index is -0.826. The standard InChI is InChI=1S/C22H24F2N2O/c23-21-9-8-19(15-22(21)24)16-26-13-12-25(17-20(26)10-14-27)11-4-7-18-5-2-1-3-6-18/h1-3,5-6,8-9,15,20,27H,10-14,16-17H2/t20-/m0/s1. The predicted octanol–water partition coefficient (Wildman–Crippen LogP) is 2.89. The molecule has 27 heavy (non-hydrogen) atoms. The van der Waals surface area contributed by atoms with E-state index >= 15 is 0 Å². The second-order valence-electron chi connectivity index (χ2n) is 6.79. The molecule has 0 aliphatic carbocycles. The fraction of sp³-hybridized carbons (Fsp3) is 0.364. The molecular formula is C22H24F2N2O. The van der Waals surface area contributed by atoms with Crippen molar-refractivity contribution in [1.82, 2.24) is 9.80 Å². The lowest BCUT2D eigenvalue weighted by atomic mass is 10.1. The molecule has 0 aromatic heterocycles. The van der Waals surface area contributed by atoms with Crippen LogP contribution in [0, 0.1) is 23.5 Å². The molecule has 1 N–H and O–H groups in total. The van der Waals surface area contributed by atoms with Gasteiger partial charge in [0.05, 0.1) is 6.54 Å². The van der Waals surface area contributed by atoms with Crippen LogP contribution in [0.1, 0.15) is 17.5 Å². The molecule has 1 aliphatic rings. The van der Waals surface area contributed by atoms with Crippen LogP contribution >= 0.6 is 0 Å². The van der Waals surface area contributed by atoms with E-state index in [0.29, 0.717) is 19.5 Å². The minimum absolute atomic E-state index is 0.0997. The van der Waals surface area contributed by atoms with Crippen molar-refractivity contribution in [3.63, 3.8) is 0 Å². The van der Waals surface area contributed by atoms with Crippen LogP contribution in [0.25, 0.3) is 0 Å². The van der Waals surface area contributed by atoms with E-state index < -0.39 is 11.6 Å². The predicted molar refractivity (Wildman–Crippen MR) is 102 cm³/mol. The van der Waals surface area contributed by atoms with Gasteiger partial charge in [-0.05, 0) is 36.2 Å². The average molecular weight is 370 g/mol. The van der Waals surface area contributed by atoms with Gasteiger partial charge in [0.2, 0.25) is 0 Å². The van der Waals surface area contributed by atoms with Gasteiger partial charge < -0.3 is 5.11 Å². The third-order valence-electron chi connectivity index (χ3n) is 4.83. The van der Waals surface area contributed by atoms with Gasteiger partial charge in [0.25, 0.3) is 0 Å². The SMILES string of the molecule is OCC[C@H]1CN(CC#Cc2ccccc2)CCN1Cc1ccc(F)c(F)c1. The van der Waals surface area contributed by atoms with Crippen LogP contribution in [0.4, 0.5) is 8.78 Å². The number of benzene rings is 2. The highest BCUT2D eigenvalue weighted by atomic mass is 19.2. The zero-order valence-corrected chi connectivity index (χ0v) is 15.2. The lowest BCUT2D eigenvalue weighted by Gasteiger charge is -2.40. The van der Waals surface area contributed by atoms with Gasteiger partial charge in [-0.2, -0.15) is 0 Å². The van der Waals surface area contributed by atoms with Crippen LogP contribution in [0.5, 0.6) is 0 Å². The summed E-state index contributed by atoms with van der Waals surface area (Å²) in [4.78, 5) is 4.50. The highest BCUT2D eigenvalue weighted by molar-refractivity contribution is 5.33. The molecule has 2 aromatic carbocycles. The molecule has 1 aliphatic heterocycles. The van der Waals surface area contributed by atoms with E-state index in [1.54, 1.807) is 6.07 Å². The van der Waals surface area contributed by atoms with Crippen LogP contribution in [-0.2, 0) is 6.54 Å². The monoisotopic (exact) mass is 370 g/mol. The Hall–Kier alpha value is -2.26. The van der Waals surface area contributed by atoms with Gasteiger partial charge in [0.1, 0.15) is 0 Å². The Labute approximate surface area is 159 Å². The molecule has 0 radical (unpaired) electrons. The van der Waals surface area contributed by atoms with Gasteiger partial charge >= 0.3 is 0 Å². The van der Waals surface area contributed by atoms with Crippen molar-refractivity contribution in [3.05, 3.63) is 71.3 Å². The van der Waals surface area contributed by atoms with Crippen molar-refractivity contribution in [2.24, 2.45) is 0 Å². The smallest absolute Gasteiger partial charge is 0.159 e.